The van der Waals surface area contributed by atoms with Crippen LogP contribution in [0, 0.1) is 0 Å². The first-order valence-electron chi connectivity index (χ1n) is 16.5. The quantitative estimate of drug-likeness (QED) is 0.185. The molecule has 234 valence electrons. The second-order valence-electron chi connectivity index (χ2n) is 12.3. The molecule has 10 rings (SSSR count). The molecule has 4 aromatic heterocycles. The van der Waals surface area contributed by atoms with Crippen LogP contribution in [0.5, 0.6) is 0 Å². The normalized spacial score (nSPS) is 11.6. The van der Waals surface area contributed by atoms with Crippen molar-refractivity contribution in [2.24, 2.45) is 0 Å². The maximum atomic E-state index is 5.18. The molecule has 0 amide bonds. The minimum atomic E-state index is 0.634. The van der Waals surface area contributed by atoms with Crippen molar-refractivity contribution in [2.45, 2.75) is 0 Å². The van der Waals surface area contributed by atoms with Gasteiger partial charge in [-0.1, -0.05) is 121 Å². The van der Waals surface area contributed by atoms with Gasteiger partial charge in [0.25, 0.3) is 0 Å². The molecular formula is C44H27N5S. The highest BCUT2D eigenvalue weighted by atomic mass is 32.1. The van der Waals surface area contributed by atoms with Crippen molar-refractivity contribution in [3.05, 3.63) is 164 Å². The van der Waals surface area contributed by atoms with Crippen LogP contribution in [-0.2, 0) is 0 Å². The Bertz CT molecular complexity index is 2800. The minimum absolute atomic E-state index is 0.634. The molecule has 6 heteroatoms. The number of para-hydroxylation sites is 1. The Balaban J connectivity index is 1.30. The standard InChI is InChI=1S/C44H27N5S/c1-4-12-28(13-5-1)31-20-21-34-33-18-10-11-19-38(33)49(39(34)24-31)32-25-36-35-22-23-45-27-40(35)50-41(36)37(26-32)44-47-42(29-14-6-2-7-15-29)46-43(48-44)30-16-8-3-9-17-30/h1-27H. The van der Waals surface area contributed by atoms with Crippen LogP contribution in [0.25, 0.3) is 93.0 Å². The summed E-state index contributed by atoms with van der Waals surface area (Å²) >= 11 is 1.73. The molecule has 0 spiro atoms. The van der Waals surface area contributed by atoms with E-state index in [1.807, 2.05) is 73.1 Å². The molecule has 5 nitrogen and oxygen atoms in total. The lowest BCUT2D eigenvalue weighted by Crippen LogP contribution is -2.01. The molecule has 0 bridgehead atoms. The highest BCUT2D eigenvalue weighted by Gasteiger charge is 2.21. The Morgan fingerprint density at radius 2 is 1.06 bits per heavy atom. The fourth-order valence-corrected chi connectivity index (χ4v) is 8.16. The van der Waals surface area contributed by atoms with E-state index in [-0.39, 0.29) is 0 Å². The Labute approximate surface area is 291 Å². The molecule has 0 saturated heterocycles. The molecule has 0 N–H and O–H groups in total. The average Bonchev–Trinajstić information content (AvgIpc) is 3.74. The summed E-state index contributed by atoms with van der Waals surface area (Å²) in [6, 6.07) is 53.0. The molecular weight excluding hydrogens is 631 g/mol. The fourth-order valence-electron chi connectivity index (χ4n) is 7.00. The second-order valence-corrected chi connectivity index (χ2v) is 13.4. The molecule has 0 saturated carbocycles. The van der Waals surface area contributed by atoms with Gasteiger partial charge in [-0.3, -0.25) is 4.98 Å². The Morgan fingerprint density at radius 3 is 1.78 bits per heavy atom. The highest BCUT2D eigenvalue weighted by molar-refractivity contribution is 7.26. The summed E-state index contributed by atoms with van der Waals surface area (Å²) < 4.78 is 4.63. The lowest BCUT2D eigenvalue weighted by atomic mass is 10.0. The van der Waals surface area contributed by atoms with E-state index in [1.165, 1.54) is 21.9 Å². The van der Waals surface area contributed by atoms with Gasteiger partial charge in [-0.15, -0.1) is 11.3 Å². The number of rotatable bonds is 5. The Kier molecular flexibility index (Phi) is 6.60. The first kappa shape index (κ1) is 28.5. The highest BCUT2D eigenvalue weighted by Crippen LogP contribution is 2.43. The van der Waals surface area contributed by atoms with Crippen molar-refractivity contribution >= 4 is 53.3 Å². The minimum Gasteiger partial charge on any atom is -0.309 e. The Hall–Kier alpha value is -6.50. The second kappa shape index (κ2) is 11.6. The van der Waals surface area contributed by atoms with Crippen LogP contribution in [0.1, 0.15) is 0 Å². The maximum Gasteiger partial charge on any atom is 0.165 e. The van der Waals surface area contributed by atoms with Gasteiger partial charge < -0.3 is 4.57 Å². The predicted octanol–water partition coefficient (Wildman–Crippen LogP) is 11.4. The van der Waals surface area contributed by atoms with Crippen LogP contribution in [0.3, 0.4) is 0 Å². The molecule has 0 aliphatic rings. The first-order chi connectivity index (χ1) is 24.8. The van der Waals surface area contributed by atoms with E-state index in [0.29, 0.717) is 17.5 Å². The number of aromatic nitrogens is 5. The predicted molar refractivity (Wildman–Crippen MR) is 207 cm³/mol. The number of thiophene rings is 1. The summed E-state index contributed by atoms with van der Waals surface area (Å²) in [5, 5.41) is 4.72. The van der Waals surface area contributed by atoms with Gasteiger partial charge >= 0.3 is 0 Å². The zero-order valence-electron chi connectivity index (χ0n) is 26.7. The molecule has 6 aromatic carbocycles. The smallest absolute Gasteiger partial charge is 0.165 e. The lowest BCUT2D eigenvalue weighted by Gasteiger charge is -2.13. The number of hydrogen-bond donors (Lipinski definition) is 0. The monoisotopic (exact) mass is 657 g/mol. The number of nitrogens with zero attached hydrogens (tertiary/aromatic N) is 5. The largest absolute Gasteiger partial charge is 0.309 e. The van der Waals surface area contributed by atoms with Crippen molar-refractivity contribution in [3.8, 4) is 51.0 Å². The summed E-state index contributed by atoms with van der Waals surface area (Å²) in [7, 11) is 0. The van der Waals surface area contributed by atoms with Crippen molar-refractivity contribution in [2.75, 3.05) is 0 Å². The third kappa shape index (κ3) is 4.69. The van der Waals surface area contributed by atoms with Crippen molar-refractivity contribution in [1.29, 1.82) is 0 Å². The molecule has 0 atom stereocenters. The van der Waals surface area contributed by atoms with E-state index >= 15 is 0 Å². The van der Waals surface area contributed by atoms with E-state index in [9.17, 15) is 0 Å². The van der Waals surface area contributed by atoms with E-state index in [2.05, 4.69) is 101 Å². The van der Waals surface area contributed by atoms with Gasteiger partial charge in [0.15, 0.2) is 17.5 Å². The molecule has 0 unspecified atom stereocenters. The summed E-state index contributed by atoms with van der Waals surface area (Å²) in [6.45, 7) is 0. The number of hydrogen-bond acceptors (Lipinski definition) is 5. The van der Waals surface area contributed by atoms with Gasteiger partial charge in [-0.25, -0.2) is 15.0 Å². The third-order valence-corrected chi connectivity index (χ3v) is 10.5. The van der Waals surface area contributed by atoms with E-state index in [0.717, 1.165) is 53.6 Å². The third-order valence-electron chi connectivity index (χ3n) is 9.34. The number of pyridine rings is 1. The molecule has 10 aromatic rings. The Morgan fingerprint density at radius 1 is 0.440 bits per heavy atom. The van der Waals surface area contributed by atoms with Crippen molar-refractivity contribution in [3.63, 3.8) is 0 Å². The van der Waals surface area contributed by atoms with Gasteiger partial charge in [-0.2, -0.15) is 0 Å². The summed E-state index contributed by atoms with van der Waals surface area (Å²) in [5.41, 5.74) is 8.53. The molecule has 50 heavy (non-hydrogen) atoms. The topological polar surface area (TPSA) is 56.5 Å². The maximum absolute atomic E-state index is 5.18. The van der Waals surface area contributed by atoms with E-state index in [4.69, 9.17) is 15.0 Å². The van der Waals surface area contributed by atoms with Crippen LogP contribution in [0.15, 0.2) is 164 Å². The molecule has 0 radical (unpaired) electrons. The average molecular weight is 658 g/mol. The van der Waals surface area contributed by atoms with Crippen molar-refractivity contribution < 1.29 is 0 Å². The zero-order chi connectivity index (χ0) is 33.0. The molecule has 0 fully saturated rings. The fraction of sp³-hybridized carbons (Fsp3) is 0. The SMILES string of the molecule is c1ccc(-c2ccc3c4ccccc4n(-c4cc(-c5nc(-c6ccccc6)nc(-c6ccccc6)n5)c5sc6cnccc6c5c4)c3c2)cc1. The van der Waals surface area contributed by atoms with E-state index in [1.54, 1.807) is 11.3 Å². The van der Waals surface area contributed by atoms with Gasteiger partial charge in [0, 0.05) is 61.0 Å². The molecule has 4 heterocycles. The van der Waals surface area contributed by atoms with Crippen LogP contribution in [0.4, 0.5) is 0 Å². The van der Waals surface area contributed by atoms with E-state index < -0.39 is 0 Å². The summed E-state index contributed by atoms with van der Waals surface area (Å²) in [6.07, 6.45) is 3.83. The summed E-state index contributed by atoms with van der Waals surface area (Å²) in [4.78, 5) is 19.8. The van der Waals surface area contributed by atoms with Gasteiger partial charge in [0.1, 0.15) is 0 Å². The van der Waals surface area contributed by atoms with Crippen LogP contribution >= 0.6 is 11.3 Å². The first-order valence-corrected chi connectivity index (χ1v) is 17.4. The van der Waals surface area contributed by atoms with Crippen LogP contribution in [0.2, 0.25) is 0 Å². The molecule has 0 aliphatic heterocycles. The number of benzene rings is 6. The van der Waals surface area contributed by atoms with Gasteiger partial charge in [0.2, 0.25) is 0 Å². The molecule has 0 aliphatic carbocycles. The number of fused-ring (bicyclic) bond motifs is 6. The van der Waals surface area contributed by atoms with Crippen LogP contribution < -0.4 is 0 Å². The lowest BCUT2D eigenvalue weighted by molar-refractivity contribution is 1.07. The van der Waals surface area contributed by atoms with Gasteiger partial charge in [0.05, 0.1) is 15.7 Å². The van der Waals surface area contributed by atoms with Gasteiger partial charge in [-0.05, 0) is 41.5 Å². The van der Waals surface area contributed by atoms with Crippen LogP contribution in [-0.4, -0.2) is 24.5 Å². The van der Waals surface area contributed by atoms with Crippen molar-refractivity contribution in [1.82, 2.24) is 24.5 Å². The zero-order valence-corrected chi connectivity index (χ0v) is 27.5. The summed E-state index contributed by atoms with van der Waals surface area (Å²) in [5.74, 6) is 1.91.